The quantitative estimate of drug-likeness (QED) is 0.859. The topological polar surface area (TPSA) is 32.3 Å². The first kappa shape index (κ1) is 13.4. The summed E-state index contributed by atoms with van der Waals surface area (Å²) in [6.45, 7) is 3.04. The average Bonchev–Trinajstić information content (AvgIpc) is 2.72. The molecule has 0 saturated carbocycles. The van der Waals surface area contributed by atoms with E-state index in [9.17, 15) is 18.0 Å². The van der Waals surface area contributed by atoms with Crippen molar-refractivity contribution < 1.29 is 18.0 Å². The van der Waals surface area contributed by atoms with Crippen LogP contribution in [-0.2, 0) is 6.18 Å². The summed E-state index contributed by atoms with van der Waals surface area (Å²) in [5.41, 5.74) is -0.472. The number of carbonyl (C=O) groups is 1. The van der Waals surface area contributed by atoms with Crippen LogP contribution in [0.5, 0.6) is 0 Å². The number of alkyl halides is 3. The molecule has 2 heterocycles. The highest BCUT2D eigenvalue weighted by atomic mass is 19.4. The molecule has 1 aromatic rings. The van der Waals surface area contributed by atoms with Crippen LogP contribution in [0.25, 0.3) is 0 Å². The highest BCUT2D eigenvalue weighted by Gasteiger charge is 2.47. The third-order valence-corrected chi connectivity index (χ3v) is 4.11. The molecule has 2 unspecified atom stereocenters. The van der Waals surface area contributed by atoms with Gasteiger partial charge in [-0.2, -0.15) is 13.2 Å². The number of fused-ring (bicyclic) bond motifs is 3. The number of amides is 1. The van der Waals surface area contributed by atoms with Gasteiger partial charge in [0.15, 0.2) is 0 Å². The van der Waals surface area contributed by atoms with Crippen molar-refractivity contribution in [3.63, 3.8) is 0 Å². The maximum Gasteiger partial charge on any atom is 0.417 e. The van der Waals surface area contributed by atoms with Crippen LogP contribution in [0.2, 0.25) is 0 Å². The lowest BCUT2D eigenvalue weighted by molar-refractivity contribution is -0.137. The fraction of sp³-hybridized carbons (Fsp3) is 0.500. The molecule has 1 amide bonds. The number of piperazine rings is 1. The van der Waals surface area contributed by atoms with E-state index in [1.807, 2.05) is 6.92 Å². The Morgan fingerprint density at radius 3 is 2.80 bits per heavy atom. The molecule has 6 heteroatoms. The van der Waals surface area contributed by atoms with Crippen molar-refractivity contribution >= 4 is 5.91 Å². The Morgan fingerprint density at radius 2 is 2.15 bits per heavy atom. The van der Waals surface area contributed by atoms with Crippen LogP contribution in [0.4, 0.5) is 13.2 Å². The maximum atomic E-state index is 13.1. The fourth-order valence-corrected chi connectivity index (χ4v) is 3.25. The van der Waals surface area contributed by atoms with Crippen molar-refractivity contribution in [1.29, 1.82) is 0 Å². The Hall–Kier alpha value is -1.56. The molecule has 0 bridgehead atoms. The second kappa shape index (κ2) is 4.48. The van der Waals surface area contributed by atoms with Crippen molar-refractivity contribution in [2.45, 2.75) is 31.6 Å². The van der Waals surface area contributed by atoms with Crippen molar-refractivity contribution in [1.82, 2.24) is 10.2 Å². The number of nitrogens with zero attached hydrogens (tertiary/aromatic N) is 1. The number of carbonyl (C=O) groups excluding carboxylic acids is 1. The van der Waals surface area contributed by atoms with Crippen LogP contribution in [0.1, 0.15) is 40.9 Å². The van der Waals surface area contributed by atoms with Gasteiger partial charge in [-0.1, -0.05) is 19.1 Å². The zero-order chi connectivity index (χ0) is 14.5. The van der Waals surface area contributed by atoms with Gasteiger partial charge in [-0.3, -0.25) is 4.79 Å². The molecule has 0 spiro atoms. The number of hydrogen-bond acceptors (Lipinski definition) is 2. The molecule has 20 heavy (non-hydrogen) atoms. The molecule has 2 aliphatic rings. The molecule has 0 aromatic heterocycles. The van der Waals surface area contributed by atoms with Crippen molar-refractivity contribution in [3.05, 3.63) is 34.9 Å². The van der Waals surface area contributed by atoms with Crippen LogP contribution in [0.15, 0.2) is 18.2 Å². The monoisotopic (exact) mass is 284 g/mol. The molecule has 1 fully saturated rings. The zero-order valence-electron chi connectivity index (χ0n) is 11.0. The first-order valence-electron chi connectivity index (χ1n) is 6.69. The molecule has 3 nitrogen and oxygen atoms in total. The van der Waals surface area contributed by atoms with Crippen LogP contribution in [-0.4, -0.2) is 29.9 Å². The van der Waals surface area contributed by atoms with Crippen molar-refractivity contribution in [2.24, 2.45) is 0 Å². The van der Waals surface area contributed by atoms with Gasteiger partial charge in [-0.25, -0.2) is 0 Å². The van der Waals surface area contributed by atoms with Gasteiger partial charge in [0.1, 0.15) is 0 Å². The standard InChI is InChI=1S/C14H15F3N2O/c1-2-10-12-8-4-3-5-9(14(15,16)17)11(8)13(20)19(12)7-6-18-10/h3-5,10,12,18H,2,6-7H2,1H3. The number of benzene rings is 1. The Labute approximate surface area is 114 Å². The van der Waals surface area contributed by atoms with Crippen LogP contribution in [0, 0.1) is 0 Å². The Kier molecular flexibility index (Phi) is 3.01. The average molecular weight is 284 g/mol. The van der Waals surface area contributed by atoms with Gasteiger partial charge < -0.3 is 10.2 Å². The predicted molar refractivity (Wildman–Crippen MR) is 67.3 cm³/mol. The molecule has 0 aliphatic carbocycles. The van der Waals surface area contributed by atoms with Gasteiger partial charge in [0.05, 0.1) is 17.2 Å². The van der Waals surface area contributed by atoms with Crippen LogP contribution < -0.4 is 5.32 Å². The van der Waals surface area contributed by atoms with E-state index in [0.717, 1.165) is 12.5 Å². The SMILES string of the molecule is CCC1NCCN2C(=O)c3c(cccc3C(F)(F)F)C12. The van der Waals surface area contributed by atoms with E-state index in [2.05, 4.69) is 5.32 Å². The van der Waals surface area contributed by atoms with E-state index in [-0.39, 0.29) is 17.6 Å². The molecule has 1 N–H and O–H groups in total. The Bertz CT molecular complexity index is 556. The highest BCUT2D eigenvalue weighted by Crippen LogP contribution is 2.43. The minimum Gasteiger partial charge on any atom is -0.329 e. The first-order valence-corrected chi connectivity index (χ1v) is 6.69. The first-order chi connectivity index (χ1) is 9.45. The number of halogens is 3. The van der Waals surface area contributed by atoms with Gasteiger partial charge in [0.2, 0.25) is 0 Å². The summed E-state index contributed by atoms with van der Waals surface area (Å²) in [4.78, 5) is 13.9. The maximum absolute atomic E-state index is 13.1. The molecule has 2 aliphatic heterocycles. The molecule has 3 rings (SSSR count). The second-order valence-electron chi connectivity index (χ2n) is 5.18. The number of nitrogens with one attached hydrogen (secondary N) is 1. The lowest BCUT2D eigenvalue weighted by Gasteiger charge is -2.37. The summed E-state index contributed by atoms with van der Waals surface area (Å²) in [5, 5.41) is 3.28. The van der Waals surface area contributed by atoms with E-state index in [1.165, 1.54) is 6.07 Å². The normalized spacial score (nSPS) is 25.6. The summed E-state index contributed by atoms with van der Waals surface area (Å²) < 4.78 is 39.3. The lowest BCUT2D eigenvalue weighted by atomic mass is 9.93. The van der Waals surface area contributed by atoms with Gasteiger partial charge in [0, 0.05) is 19.1 Å². The molecule has 108 valence electrons. The van der Waals surface area contributed by atoms with Crippen molar-refractivity contribution in [2.75, 3.05) is 13.1 Å². The summed E-state index contributed by atoms with van der Waals surface area (Å²) in [7, 11) is 0. The smallest absolute Gasteiger partial charge is 0.329 e. The molecule has 0 radical (unpaired) electrons. The molecule has 1 saturated heterocycles. The van der Waals surface area contributed by atoms with Crippen LogP contribution >= 0.6 is 0 Å². The Balaban J connectivity index is 2.16. The Morgan fingerprint density at radius 1 is 1.40 bits per heavy atom. The van der Waals surface area contributed by atoms with Crippen LogP contribution in [0.3, 0.4) is 0 Å². The van der Waals surface area contributed by atoms with Gasteiger partial charge >= 0.3 is 6.18 Å². The fourth-order valence-electron chi connectivity index (χ4n) is 3.25. The number of hydrogen-bond donors (Lipinski definition) is 1. The predicted octanol–water partition coefficient (Wildman–Crippen LogP) is 2.58. The third-order valence-electron chi connectivity index (χ3n) is 4.11. The van der Waals surface area contributed by atoms with E-state index >= 15 is 0 Å². The summed E-state index contributed by atoms with van der Waals surface area (Å²) in [6.07, 6.45) is -3.73. The number of rotatable bonds is 1. The lowest BCUT2D eigenvalue weighted by Crippen LogP contribution is -2.51. The third kappa shape index (κ3) is 1.82. The van der Waals surface area contributed by atoms with E-state index in [4.69, 9.17) is 0 Å². The largest absolute Gasteiger partial charge is 0.417 e. The molecule has 1 aromatic carbocycles. The summed E-state index contributed by atoms with van der Waals surface area (Å²) >= 11 is 0. The van der Waals surface area contributed by atoms with Gasteiger partial charge in [-0.15, -0.1) is 0 Å². The van der Waals surface area contributed by atoms with Gasteiger partial charge in [0.25, 0.3) is 5.91 Å². The van der Waals surface area contributed by atoms with Gasteiger partial charge in [-0.05, 0) is 18.1 Å². The molecular formula is C14H15F3N2O. The zero-order valence-corrected chi connectivity index (χ0v) is 11.0. The van der Waals surface area contributed by atoms with E-state index in [0.29, 0.717) is 18.7 Å². The second-order valence-corrected chi connectivity index (χ2v) is 5.18. The van der Waals surface area contributed by atoms with E-state index in [1.54, 1.807) is 11.0 Å². The minimum atomic E-state index is -4.50. The van der Waals surface area contributed by atoms with E-state index < -0.39 is 17.6 Å². The van der Waals surface area contributed by atoms with Crippen molar-refractivity contribution in [3.8, 4) is 0 Å². The highest BCUT2D eigenvalue weighted by molar-refractivity contribution is 6.01. The molecular weight excluding hydrogens is 269 g/mol. The summed E-state index contributed by atoms with van der Waals surface area (Å²) in [5.74, 6) is -0.488. The minimum absolute atomic E-state index is 0.0115. The molecule has 2 atom stereocenters. The summed E-state index contributed by atoms with van der Waals surface area (Å²) in [6, 6.07) is 3.75.